The summed E-state index contributed by atoms with van der Waals surface area (Å²) in [4.78, 5) is 13.2. The zero-order valence-corrected chi connectivity index (χ0v) is 11.8. The molecule has 1 atom stereocenters. The molecule has 8 heteroatoms. The molecule has 1 fully saturated rings. The van der Waals surface area contributed by atoms with E-state index in [9.17, 15) is 13.2 Å². The predicted octanol–water partition coefficient (Wildman–Crippen LogP) is -0.240. The van der Waals surface area contributed by atoms with Gasteiger partial charge in [-0.3, -0.25) is 4.79 Å². The van der Waals surface area contributed by atoms with Crippen LogP contribution in [0.1, 0.15) is 19.3 Å². The second kappa shape index (κ2) is 5.29. The molecule has 110 valence electrons. The minimum Gasteiger partial charge on any atom is -0.396 e. The highest BCUT2D eigenvalue weighted by molar-refractivity contribution is 7.89. The minimum absolute atomic E-state index is 0.0585. The first-order valence-electron chi connectivity index (χ1n) is 6.29. The maximum atomic E-state index is 11.5. The second-order valence-corrected chi connectivity index (χ2v) is 6.37. The fourth-order valence-electron chi connectivity index (χ4n) is 2.55. The molecule has 7 nitrogen and oxygen atoms in total. The van der Waals surface area contributed by atoms with Crippen LogP contribution < -0.4 is 21.5 Å². The Morgan fingerprint density at radius 1 is 1.30 bits per heavy atom. The molecule has 2 rings (SSSR count). The van der Waals surface area contributed by atoms with Crippen molar-refractivity contribution in [2.75, 3.05) is 17.2 Å². The number of benzene rings is 1. The van der Waals surface area contributed by atoms with Crippen LogP contribution >= 0.6 is 0 Å². The third-order valence-corrected chi connectivity index (χ3v) is 4.46. The smallest absolute Gasteiger partial charge is 0.240 e. The SMILES string of the molecule is NC(=O)C1CCCCN1c1cccc(S(N)(=O)=O)c1N. The molecule has 0 spiro atoms. The van der Waals surface area contributed by atoms with E-state index >= 15 is 0 Å². The van der Waals surface area contributed by atoms with E-state index in [4.69, 9.17) is 16.6 Å². The highest BCUT2D eigenvalue weighted by Crippen LogP contribution is 2.33. The Hall–Kier alpha value is -1.80. The summed E-state index contributed by atoms with van der Waals surface area (Å²) < 4.78 is 23.0. The highest BCUT2D eigenvalue weighted by Gasteiger charge is 2.29. The summed E-state index contributed by atoms with van der Waals surface area (Å²) in [5, 5.41) is 5.13. The van der Waals surface area contributed by atoms with Crippen LogP contribution in [0.2, 0.25) is 0 Å². The van der Waals surface area contributed by atoms with E-state index in [0.717, 1.165) is 12.8 Å². The molecule has 0 bridgehead atoms. The maximum Gasteiger partial charge on any atom is 0.240 e. The van der Waals surface area contributed by atoms with Gasteiger partial charge in [-0.15, -0.1) is 0 Å². The number of primary amides is 1. The fourth-order valence-corrected chi connectivity index (χ4v) is 3.23. The number of nitrogen functional groups attached to an aromatic ring is 1. The number of sulfonamides is 1. The topological polar surface area (TPSA) is 133 Å². The molecule has 1 saturated heterocycles. The summed E-state index contributed by atoms with van der Waals surface area (Å²) in [7, 11) is -3.90. The molecule has 0 aromatic heterocycles. The Labute approximate surface area is 117 Å². The number of para-hydroxylation sites is 1. The first-order chi connectivity index (χ1) is 9.32. The summed E-state index contributed by atoms with van der Waals surface area (Å²) in [6.45, 7) is 0.603. The van der Waals surface area contributed by atoms with E-state index in [1.807, 2.05) is 0 Å². The zero-order chi connectivity index (χ0) is 14.9. The number of carbonyl (C=O) groups excluding carboxylic acids is 1. The number of primary sulfonamides is 1. The Bertz CT molecular complexity index is 630. The number of amides is 1. The molecule has 0 saturated carbocycles. The summed E-state index contributed by atoms with van der Waals surface area (Å²) in [5.74, 6) is -0.440. The normalized spacial score (nSPS) is 19.9. The predicted molar refractivity (Wildman–Crippen MR) is 76.4 cm³/mol. The largest absolute Gasteiger partial charge is 0.396 e. The molecule has 1 heterocycles. The summed E-state index contributed by atoms with van der Waals surface area (Å²) >= 11 is 0. The van der Waals surface area contributed by atoms with E-state index in [2.05, 4.69) is 0 Å². The molecule has 1 aromatic carbocycles. The van der Waals surface area contributed by atoms with E-state index in [1.165, 1.54) is 6.07 Å². The number of rotatable bonds is 3. The average molecular weight is 298 g/mol. The fraction of sp³-hybridized carbons (Fsp3) is 0.417. The van der Waals surface area contributed by atoms with Crippen LogP contribution in [-0.4, -0.2) is 26.9 Å². The van der Waals surface area contributed by atoms with Crippen molar-refractivity contribution in [2.24, 2.45) is 10.9 Å². The van der Waals surface area contributed by atoms with Crippen LogP contribution in [0.3, 0.4) is 0 Å². The molecule has 0 radical (unpaired) electrons. The van der Waals surface area contributed by atoms with Gasteiger partial charge < -0.3 is 16.4 Å². The van der Waals surface area contributed by atoms with Gasteiger partial charge in [0.25, 0.3) is 0 Å². The van der Waals surface area contributed by atoms with Crippen LogP contribution in [-0.2, 0) is 14.8 Å². The van der Waals surface area contributed by atoms with Gasteiger partial charge in [0.1, 0.15) is 10.9 Å². The monoisotopic (exact) mass is 298 g/mol. The van der Waals surface area contributed by atoms with Crippen molar-refractivity contribution in [3.63, 3.8) is 0 Å². The average Bonchev–Trinajstić information content (AvgIpc) is 2.37. The molecule has 0 aliphatic carbocycles. The zero-order valence-electron chi connectivity index (χ0n) is 11.0. The van der Waals surface area contributed by atoms with Gasteiger partial charge in [0.15, 0.2) is 0 Å². The van der Waals surface area contributed by atoms with Crippen molar-refractivity contribution in [2.45, 2.75) is 30.2 Å². The van der Waals surface area contributed by atoms with Gasteiger partial charge in [0, 0.05) is 6.54 Å². The Balaban J connectivity index is 2.49. The van der Waals surface area contributed by atoms with E-state index in [0.29, 0.717) is 18.7 Å². The van der Waals surface area contributed by atoms with Gasteiger partial charge in [-0.2, -0.15) is 0 Å². The molecule has 6 N–H and O–H groups in total. The molecular formula is C12H18N4O3S. The van der Waals surface area contributed by atoms with Crippen molar-refractivity contribution in [1.29, 1.82) is 0 Å². The van der Waals surface area contributed by atoms with Gasteiger partial charge in [-0.1, -0.05) is 6.07 Å². The first kappa shape index (κ1) is 14.6. The number of nitrogens with zero attached hydrogens (tertiary/aromatic N) is 1. The van der Waals surface area contributed by atoms with Crippen LogP contribution in [0.5, 0.6) is 0 Å². The number of hydrogen-bond donors (Lipinski definition) is 3. The molecule has 1 aromatic rings. The van der Waals surface area contributed by atoms with Gasteiger partial charge >= 0.3 is 0 Å². The third kappa shape index (κ3) is 2.70. The quantitative estimate of drug-likeness (QED) is 0.662. The number of nitrogens with two attached hydrogens (primary N) is 3. The number of hydrogen-bond acceptors (Lipinski definition) is 5. The highest BCUT2D eigenvalue weighted by atomic mass is 32.2. The van der Waals surface area contributed by atoms with Crippen LogP contribution in [0.4, 0.5) is 11.4 Å². The van der Waals surface area contributed by atoms with Crippen molar-refractivity contribution in [1.82, 2.24) is 0 Å². The maximum absolute atomic E-state index is 11.5. The van der Waals surface area contributed by atoms with Gasteiger partial charge in [-0.05, 0) is 31.4 Å². The second-order valence-electron chi connectivity index (χ2n) is 4.84. The standard InChI is InChI=1S/C12H18N4O3S/c13-11-8(5-3-6-10(11)20(15,18)19)16-7-2-1-4-9(16)12(14)17/h3,5-6,9H,1-2,4,7,13H2,(H2,14,17)(H2,15,18,19). The number of anilines is 2. The minimum atomic E-state index is -3.90. The Kier molecular flexibility index (Phi) is 3.87. The van der Waals surface area contributed by atoms with Crippen molar-refractivity contribution in [3.05, 3.63) is 18.2 Å². The lowest BCUT2D eigenvalue weighted by Gasteiger charge is -2.36. The lowest BCUT2D eigenvalue weighted by atomic mass is 10.0. The first-order valence-corrected chi connectivity index (χ1v) is 7.84. The molecule has 1 amide bonds. The summed E-state index contributed by atoms with van der Waals surface area (Å²) in [6, 6.07) is 4.10. The van der Waals surface area contributed by atoms with E-state index in [1.54, 1.807) is 17.0 Å². The Morgan fingerprint density at radius 3 is 2.60 bits per heavy atom. The molecular weight excluding hydrogens is 280 g/mol. The van der Waals surface area contributed by atoms with Gasteiger partial charge in [0.05, 0.1) is 11.4 Å². The Morgan fingerprint density at radius 2 is 2.00 bits per heavy atom. The van der Waals surface area contributed by atoms with Gasteiger partial charge in [-0.25, -0.2) is 13.6 Å². The van der Waals surface area contributed by atoms with Crippen molar-refractivity contribution < 1.29 is 13.2 Å². The number of carbonyl (C=O) groups is 1. The molecule has 1 aliphatic heterocycles. The van der Waals surface area contributed by atoms with Crippen LogP contribution in [0, 0.1) is 0 Å². The molecule has 1 unspecified atom stereocenters. The third-order valence-electron chi connectivity index (χ3n) is 3.49. The summed E-state index contributed by atoms with van der Waals surface area (Å²) in [5.41, 5.74) is 11.9. The van der Waals surface area contributed by atoms with Crippen molar-refractivity contribution >= 4 is 27.3 Å². The molecule has 1 aliphatic rings. The summed E-state index contributed by atoms with van der Waals surface area (Å²) in [6.07, 6.45) is 2.43. The number of piperidine rings is 1. The van der Waals surface area contributed by atoms with E-state index < -0.39 is 22.0 Å². The molecule has 20 heavy (non-hydrogen) atoms. The van der Waals surface area contributed by atoms with Gasteiger partial charge in [0.2, 0.25) is 15.9 Å². The van der Waals surface area contributed by atoms with Crippen molar-refractivity contribution in [3.8, 4) is 0 Å². The lowest BCUT2D eigenvalue weighted by Crippen LogP contribution is -2.48. The lowest BCUT2D eigenvalue weighted by molar-refractivity contribution is -0.119. The van der Waals surface area contributed by atoms with Crippen LogP contribution in [0.15, 0.2) is 23.1 Å². The van der Waals surface area contributed by atoms with E-state index in [-0.39, 0.29) is 10.6 Å². The van der Waals surface area contributed by atoms with Crippen LogP contribution in [0.25, 0.3) is 0 Å².